The molecule has 1 N–H and O–H groups in total. The van der Waals surface area contributed by atoms with E-state index >= 15 is 0 Å². The van der Waals surface area contributed by atoms with Gasteiger partial charge in [0.1, 0.15) is 0 Å². The Morgan fingerprint density at radius 1 is 1.04 bits per heavy atom. The fraction of sp³-hybridized carbons (Fsp3) is 0.368. The van der Waals surface area contributed by atoms with Crippen LogP contribution in [0.3, 0.4) is 0 Å². The van der Waals surface area contributed by atoms with Gasteiger partial charge in [-0.3, -0.25) is 0 Å². The van der Waals surface area contributed by atoms with Crippen LogP contribution in [0.4, 0.5) is 0 Å². The van der Waals surface area contributed by atoms with Crippen molar-refractivity contribution in [2.24, 2.45) is 0 Å². The molecule has 0 heterocycles. The highest BCUT2D eigenvalue weighted by molar-refractivity contribution is 6.37. The molecule has 0 fully saturated rings. The molecule has 2 aromatic rings. The highest BCUT2D eigenvalue weighted by atomic mass is 35.5. The van der Waals surface area contributed by atoms with Gasteiger partial charge >= 0.3 is 0 Å². The van der Waals surface area contributed by atoms with Crippen molar-refractivity contribution in [1.29, 1.82) is 0 Å². The Balaban J connectivity index is 2.09. The van der Waals surface area contributed by atoms with Crippen LogP contribution >= 0.6 is 23.2 Å². The van der Waals surface area contributed by atoms with Gasteiger partial charge in [-0.1, -0.05) is 66.9 Å². The smallest absolute Gasteiger partial charge is 0.156 e. The number of halogens is 2. The maximum atomic E-state index is 6.27. The standard InChI is InChI=1S/C19H23Cl2NO/c1-3-8-18(15-9-6-5-7-10-15)22-13-14-11-16(20)19(23-4-2)17(21)12-14/h5-7,9-12,18,22H,3-4,8,13H2,1-2H3. The minimum absolute atomic E-state index is 0.324. The lowest BCUT2D eigenvalue weighted by Crippen LogP contribution is -2.20. The topological polar surface area (TPSA) is 21.3 Å². The predicted octanol–water partition coefficient (Wildman–Crippen LogP) is 6.02. The van der Waals surface area contributed by atoms with Gasteiger partial charge in [0, 0.05) is 12.6 Å². The summed E-state index contributed by atoms with van der Waals surface area (Å²) in [4.78, 5) is 0. The van der Waals surface area contributed by atoms with Crippen molar-refractivity contribution in [2.75, 3.05) is 6.61 Å². The van der Waals surface area contributed by atoms with Crippen molar-refractivity contribution in [3.63, 3.8) is 0 Å². The second-order valence-electron chi connectivity index (χ2n) is 5.45. The zero-order valence-electron chi connectivity index (χ0n) is 13.6. The lowest BCUT2D eigenvalue weighted by atomic mass is 10.0. The summed E-state index contributed by atoms with van der Waals surface area (Å²) in [5.41, 5.74) is 2.36. The van der Waals surface area contributed by atoms with Crippen LogP contribution in [0, 0.1) is 0 Å². The van der Waals surface area contributed by atoms with Crippen LogP contribution in [0.25, 0.3) is 0 Å². The molecule has 0 aliphatic rings. The lowest BCUT2D eigenvalue weighted by molar-refractivity contribution is 0.340. The molecule has 0 aliphatic heterocycles. The summed E-state index contributed by atoms with van der Waals surface area (Å²) in [7, 11) is 0. The van der Waals surface area contributed by atoms with Crippen molar-refractivity contribution in [2.45, 2.75) is 39.3 Å². The third-order valence-corrected chi connectivity index (χ3v) is 4.24. The minimum Gasteiger partial charge on any atom is -0.491 e. The van der Waals surface area contributed by atoms with Crippen LogP contribution in [0.15, 0.2) is 42.5 Å². The summed E-state index contributed by atoms with van der Waals surface area (Å²) in [6, 6.07) is 14.7. The van der Waals surface area contributed by atoms with Gasteiger partial charge in [-0.25, -0.2) is 0 Å². The van der Waals surface area contributed by atoms with Crippen LogP contribution < -0.4 is 10.1 Å². The summed E-state index contributed by atoms with van der Waals surface area (Å²) >= 11 is 12.5. The van der Waals surface area contributed by atoms with Crippen LogP contribution in [-0.4, -0.2) is 6.61 Å². The summed E-state index contributed by atoms with van der Waals surface area (Å²) < 4.78 is 5.47. The molecule has 2 nitrogen and oxygen atoms in total. The van der Waals surface area contributed by atoms with Crippen LogP contribution in [0.1, 0.15) is 43.9 Å². The van der Waals surface area contributed by atoms with Crippen molar-refractivity contribution < 1.29 is 4.74 Å². The van der Waals surface area contributed by atoms with Crippen LogP contribution in [-0.2, 0) is 6.54 Å². The molecule has 2 aromatic carbocycles. The molecule has 23 heavy (non-hydrogen) atoms. The van der Waals surface area contributed by atoms with E-state index in [0.29, 0.717) is 35.0 Å². The van der Waals surface area contributed by atoms with Gasteiger partial charge in [0.05, 0.1) is 16.7 Å². The first-order valence-corrected chi connectivity index (χ1v) is 8.80. The van der Waals surface area contributed by atoms with Crippen molar-refractivity contribution in [3.8, 4) is 5.75 Å². The van der Waals surface area contributed by atoms with Gasteiger partial charge in [0.15, 0.2) is 5.75 Å². The Morgan fingerprint density at radius 3 is 2.26 bits per heavy atom. The zero-order valence-corrected chi connectivity index (χ0v) is 15.1. The average Bonchev–Trinajstić information content (AvgIpc) is 2.55. The van der Waals surface area contributed by atoms with Crippen molar-refractivity contribution in [3.05, 3.63) is 63.6 Å². The van der Waals surface area contributed by atoms with Gasteiger partial charge in [0.2, 0.25) is 0 Å². The second kappa shape index (κ2) is 9.17. The summed E-state index contributed by atoms with van der Waals surface area (Å²) in [6.45, 7) is 5.37. The minimum atomic E-state index is 0.324. The van der Waals surface area contributed by atoms with Gasteiger partial charge < -0.3 is 10.1 Å². The molecule has 0 aliphatic carbocycles. The van der Waals surface area contributed by atoms with Crippen LogP contribution in [0.2, 0.25) is 10.0 Å². The van der Waals surface area contributed by atoms with E-state index in [1.807, 2.05) is 25.1 Å². The fourth-order valence-corrected chi connectivity index (χ4v) is 3.24. The first-order valence-electron chi connectivity index (χ1n) is 8.04. The number of hydrogen-bond acceptors (Lipinski definition) is 2. The number of ether oxygens (including phenoxy) is 1. The lowest BCUT2D eigenvalue weighted by Gasteiger charge is -2.19. The zero-order chi connectivity index (χ0) is 16.7. The number of nitrogens with one attached hydrogen (secondary N) is 1. The quantitative estimate of drug-likeness (QED) is 0.627. The Bertz CT molecular complexity index is 593. The summed E-state index contributed by atoms with van der Waals surface area (Å²) in [5, 5.41) is 4.72. The van der Waals surface area contributed by atoms with E-state index in [9.17, 15) is 0 Å². The number of rotatable bonds is 8. The Kier molecular flexibility index (Phi) is 7.22. The Morgan fingerprint density at radius 2 is 1.70 bits per heavy atom. The van der Waals surface area contributed by atoms with E-state index in [4.69, 9.17) is 27.9 Å². The van der Waals surface area contributed by atoms with E-state index < -0.39 is 0 Å². The molecule has 0 aromatic heterocycles. The van der Waals surface area contributed by atoms with E-state index in [1.54, 1.807) is 0 Å². The first-order chi connectivity index (χ1) is 11.2. The molecular weight excluding hydrogens is 329 g/mol. The maximum Gasteiger partial charge on any atom is 0.156 e. The molecule has 0 spiro atoms. The third-order valence-electron chi connectivity index (χ3n) is 3.68. The normalized spacial score (nSPS) is 12.2. The molecule has 1 unspecified atom stereocenters. The molecule has 0 radical (unpaired) electrons. The molecule has 4 heteroatoms. The summed E-state index contributed by atoms with van der Waals surface area (Å²) in [5.74, 6) is 0.563. The number of hydrogen-bond donors (Lipinski definition) is 1. The highest BCUT2D eigenvalue weighted by Gasteiger charge is 2.12. The van der Waals surface area contributed by atoms with Crippen LogP contribution in [0.5, 0.6) is 5.75 Å². The highest BCUT2D eigenvalue weighted by Crippen LogP contribution is 2.34. The maximum absolute atomic E-state index is 6.27. The molecule has 1 atom stereocenters. The van der Waals surface area contributed by atoms with Gasteiger partial charge in [-0.05, 0) is 36.6 Å². The largest absolute Gasteiger partial charge is 0.491 e. The van der Waals surface area contributed by atoms with E-state index in [2.05, 4.69) is 36.5 Å². The van der Waals surface area contributed by atoms with Gasteiger partial charge in [-0.15, -0.1) is 0 Å². The summed E-state index contributed by atoms with van der Waals surface area (Å²) in [6.07, 6.45) is 2.21. The molecule has 0 saturated carbocycles. The fourth-order valence-electron chi connectivity index (χ4n) is 2.60. The second-order valence-corrected chi connectivity index (χ2v) is 6.27. The van der Waals surface area contributed by atoms with E-state index in [-0.39, 0.29) is 0 Å². The molecule has 2 rings (SSSR count). The Hall–Kier alpha value is -1.22. The van der Waals surface area contributed by atoms with E-state index in [1.165, 1.54) is 5.56 Å². The first kappa shape index (κ1) is 18.1. The van der Waals surface area contributed by atoms with E-state index in [0.717, 1.165) is 18.4 Å². The number of benzene rings is 2. The molecular formula is C19H23Cl2NO. The Labute approximate surface area is 148 Å². The molecule has 0 saturated heterocycles. The van der Waals surface area contributed by atoms with Gasteiger partial charge in [0.25, 0.3) is 0 Å². The molecule has 0 amide bonds. The van der Waals surface area contributed by atoms with Crippen molar-refractivity contribution in [1.82, 2.24) is 5.32 Å². The average molecular weight is 352 g/mol. The van der Waals surface area contributed by atoms with Crippen molar-refractivity contribution >= 4 is 23.2 Å². The predicted molar refractivity (Wildman–Crippen MR) is 98.6 cm³/mol. The SMILES string of the molecule is CCCC(NCc1cc(Cl)c(OCC)c(Cl)c1)c1ccccc1. The third kappa shape index (κ3) is 5.13. The molecule has 124 valence electrons. The van der Waals surface area contributed by atoms with Gasteiger partial charge in [-0.2, -0.15) is 0 Å². The molecule has 0 bridgehead atoms. The monoisotopic (exact) mass is 351 g/mol.